The van der Waals surface area contributed by atoms with Crippen molar-refractivity contribution in [3.63, 3.8) is 0 Å². The van der Waals surface area contributed by atoms with E-state index in [0.29, 0.717) is 17.6 Å². The number of nitrogen functional groups attached to an aromatic ring is 2. The van der Waals surface area contributed by atoms with Crippen LogP contribution >= 0.6 is 0 Å². The highest BCUT2D eigenvalue weighted by Crippen LogP contribution is 2.26. The zero-order chi connectivity index (χ0) is 25.5. The largest absolute Gasteiger partial charge is 0.481 e. The minimum atomic E-state index is -1.29. The van der Waals surface area contributed by atoms with Crippen LogP contribution in [0.2, 0.25) is 0 Å². The normalized spacial score (nSPS) is 11.7. The third-order valence-electron chi connectivity index (χ3n) is 5.35. The molecule has 0 aliphatic carbocycles. The molecule has 0 spiro atoms. The van der Waals surface area contributed by atoms with Gasteiger partial charge in [0.2, 0.25) is 5.95 Å². The number of nitrogens with one attached hydrogen (secondary N) is 2. The molecule has 2 aromatic heterocycles. The van der Waals surface area contributed by atoms with Gasteiger partial charge in [-0.3, -0.25) is 9.59 Å². The van der Waals surface area contributed by atoms with Crippen LogP contribution < -0.4 is 22.1 Å². The summed E-state index contributed by atoms with van der Waals surface area (Å²) in [5.41, 5.74) is 15.1. The fourth-order valence-corrected chi connectivity index (χ4v) is 3.64. The van der Waals surface area contributed by atoms with Crippen LogP contribution in [-0.4, -0.2) is 49.1 Å². The van der Waals surface area contributed by atoms with Gasteiger partial charge in [-0.25, -0.2) is 9.78 Å². The van der Waals surface area contributed by atoms with Crippen LogP contribution in [-0.2, 0) is 22.6 Å². The first kappa shape index (κ1) is 25.1. The van der Waals surface area contributed by atoms with E-state index < -0.39 is 23.9 Å². The van der Waals surface area contributed by atoms with Crippen molar-refractivity contribution in [3.8, 4) is 0 Å². The van der Waals surface area contributed by atoms with Crippen LogP contribution in [0.25, 0.3) is 11.0 Å². The van der Waals surface area contributed by atoms with E-state index in [1.54, 1.807) is 30.5 Å². The molecule has 0 saturated carbocycles. The van der Waals surface area contributed by atoms with E-state index in [1.165, 1.54) is 0 Å². The van der Waals surface area contributed by atoms with Crippen molar-refractivity contribution in [3.05, 3.63) is 47.2 Å². The maximum absolute atomic E-state index is 12.4. The third-order valence-corrected chi connectivity index (χ3v) is 5.35. The number of nitrogens with zero attached hydrogens (tertiary/aromatic N) is 3. The van der Waals surface area contributed by atoms with Crippen molar-refractivity contribution >= 4 is 46.3 Å². The predicted octanol–water partition coefficient (Wildman–Crippen LogP) is 1.80. The highest BCUT2D eigenvalue weighted by molar-refractivity contribution is 5.97. The van der Waals surface area contributed by atoms with Crippen LogP contribution in [0.15, 0.2) is 30.5 Å². The zero-order valence-electron chi connectivity index (χ0n) is 19.1. The number of aryl methyl sites for hydroxylation is 1. The summed E-state index contributed by atoms with van der Waals surface area (Å²) in [4.78, 5) is 47.0. The van der Waals surface area contributed by atoms with E-state index in [2.05, 4.69) is 32.5 Å². The first-order valence-electron chi connectivity index (χ1n) is 11.0. The minimum absolute atomic E-state index is 0.0662. The van der Waals surface area contributed by atoms with E-state index >= 15 is 0 Å². The Hall–Kier alpha value is -4.48. The molecule has 1 atom stereocenters. The zero-order valence-corrected chi connectivity index (χ0v) is 19.1. The number of carbonyl (C=O) groups is 3. The van der Waals surface area contributed by atoms with Crippen LogP contribution in [0.1, 0.15) is 47.7 Å². The molecule has 12 nitrogen and oxygen atoms in total. The average Bonchev–Trinajstić information content (AvgIpc) is 2.80. The van der Waals surface area contributed by atoms with Gasteiger partial charge in [0, 0.05) is 30.4 Å². The van der Waals surface area contributed by atoms with Crippen molar-refractivity contribution in [1.29, 1.82) is 0 Å². The number of nitrogens with two attached hydrogens (primary N) is 2. The number of hydrogen-bond donors (Lipinski definition) is 6. The third kappa shape index (κ3) is 6.31. The van der Waals surface area contributed by atoms with E-state index in [0.717, 1.165) is 29.7 Å². The summed E-state index contributed by atoms with van der Waals surface area (Å²) < 4.78 is 0. The quantitative estimate of drug-likeness (QED) is 0.233. The lowest BCUT2D eigenvalue weighted by Crippen LogP contribution is -2.41. The Morgan fingerprint density at radius 2 is 1.80 bits per heavy atom. The van der Waals surface area contributed by atoms with Crippen LogP contribution in [0, 0.1) is 0 Å². The van der Waals surface area contributed by atoms with Crippen LogP contribution in [0.5, 0.6) is 0 Å². The van der Waals surface area contributed by atoms with Gasteiger partial charge in [0.05, 0.1) is 5.39 Å². The number of benzene rings is 1. The Balaban J connectivity index is 1.71. The number of amides is 1. The number of carbonyl (C=O) groups excluding carboxylic acids is 1. The predicted molar refractivity (Wildman–Crippen MR) is 130 cm³/mol. The highest BCUT2D eigenvalue weighted by Gasteiger charge is 2.21. The fourth-order valence-electron chi connectivity index (χ4n) is 3.64. The molecule has 8 N–H and O–H groups in total. The summed E-state index contributed by atoms with van der Waals surface area (Å²) in [5.74, 6) is -2.68. The molecular weight excluding hydrogens is 454 g/mol. The van der Waals surface area contributed by atoms with Gasteiger partial charge in [0.25, 0.3) is 5.91 Å². The molecule has 0 fully saturated rings. The average molecular weight is 482 g/mol. The van der Waals surface area contributed by atoms with Gasteiger partial charge in [0.1, 0.15) is 11.9 Å². The molecule has 184 valence electrons. The van der Waals surface area contributed by atoms with Gasteiger partial charge in [-0.05, 0) is 48.2 Å². The smallest absolute Gasteiger partial charge is 0.326 e. The Morgan fingerprint density at radius 1 is 1.09 bits per heavy atom. The lowest BCUT2D eigenvalue weighted by atomic mass is 10.0. The summed E-state index contributed by atoms with van der Waals surface area (Å²) in [7, 11) is 0. The van der Waals surface area contributed by atoms with Crippen molar-refractivity contribution in [2.45, 2.75) is 45.2 Å². The van der Waals surface area contributed by atoms with Crippen LogP contribution in [0.4, 0.5) is 17.5 Å². The van der Waals surface area contributed by atoms with Crippen molar-refractivity contribution in [2.75, 3.05) is 16.8 Å². The van der Waals surface area contributed by atoms with Crippen molar-refractivity contribution in [1.82, 2.24) is 20.3 Å². The monoisotopic (exact) mass is 481 g/mol. The molecule has 0 bridgehead atoms. The number of aliphatic carboxylic acids is 2. The van der Waals surface area contributed by atoms with E-state index in [9.17, 15) is 19.5 Å². The molecule has 12 heteroatoms. The lowest BCUT2D eigenvalue weighted by molar-refractivity contribution is -0.140. The van der Waals surface area contributed by atoms with Crippen molar-refractivity contribution < 1.29 is 24.6 Å². The summed E-state index contributed by atoms with van der Waals surface area (Å²) in [6.45, 7) is 2.49. The number of anilines is 3. The second-order valence-corrected chi connectivity index (χ2v) is 7.91. The van der Waals surface area contributed by atoms with Gasteiger partial charge in [0.15, 0.2) is 5.65 Å². The molecule has 35 heavy (non-hydrogen) atoms. The number of rotatable bonds is 11. The number of carboxylic acid groups (broad SMARTS) is 2. The molecule has 2 heterocycles. The second-order valence-electron chi connectivity index (χ2n) is 7.91. The minimum Gasteiger partial charge on any atom is -0.481 e. The molecule has 1 aromatic carbocycles. The summed E-state index contributed by atoms with van der Waals surface area (Å²) in [6.07, 6.45) is 2.77. The molecule has 3 rings (SSSR count). The lowest BCUT2D eigenvalue weighted by Gasteiger charge is -2.15. The Kier molecular flexibility index (Phi) is 7.97. The number of hydrogen-bond acceptors (Lipinski definition) is 9. The first-order valence-corrected chi connectivity index (χ1v) is 11.0. The standard InChI is InChI=1S/C23H27N7O5/c1-2-3-15-13(11-27-20-18(15)19(24)29-23(25)30-20)10-26-14-6-4-12(5-7-14)21(33)28-16(22(34)35)8-9-17(31)32/h4-7,11,16,26H,2-3,8-10H2,1H3,(H,28,33)(H,31,32)(H,34,35)(H4,24,25,27,29,30). The molecule has 1 amide bonds. The van der Waals surface area contributed by atoms with Crippen LogP contribution in [0.3, 0.4) is 0 Å². The second kappa shape index (κ2) is 11.1. The Labute approximate surface area is 200 Å². The molecule has 0 radical (unpaired) electrons. The van der Waals surface area contributed by atoms with Gasteiger partial charge < -0.3 is 32.3 Å². The number of carboxylic acids is 2. The Morgan fingerprint density at radius 3 is 2.43 bits per heavy atom. The molecule has 1 unspecified atom stereocenters. The SMILES string of the molecule is CCCc1c(CNc2ccc(C(=O)NC(CCC(=O)O)C(=O)O)cc2)cnc2nc(N)nc(N)c12. The molecule has 0 aliphatic rings. The van der Waals surface area contributed by atoms with Gasteiger partial charge >= 0.3 is 11.9 Å². The molecule has 0 saturated heterocycles. The van der Waals surface area contributed by atoms with E-state index in [4.69, 9.17) is 16.6 Å². The van der Waals surface area contributed by atoms with Gasteiger partial charge in [-0.1, -0.05) is 13.3 Å². The summed E-state index contributed by atoms with van der Waals surface area (Å²) in [6, 6.07) is 5.19. The topological polar surface area (TPSA) is 206 Å². The molecule has 3 aromatic rings. The summed E-state index contributed by atoms with van der Waals surface area (Å²) in [5, 5.41) is 24.3. The first-order chi connectivity index (χ1) is 16.7. The Bertz CT molecular complexity index is 1250. The maximum atomic E-state index is 12.4. The number of pyridine rings is 1. The molecular formula is C23H27N7O5. The van der Waals surface area contributed by atoms with Crippen molar-refractivity contribution in [2.24, 2.45) is 0 Å². The number of fused-ring (bicyclic) bond motifs is 1. The van der Waals surface area contributed by atoms with E-state index in [1.807, 2.05) is 0 Å². The number of aromatic nitrogens is 3. The fraction of sp³-hybridized carbons (Fsp3) is 0.304. The van der Waals surface area contributed by atoms with Gasteiger partial charge in [-0.15, -0.1) is 0 Å². The summed E-state index contributed by atoms with van der Waals surface area (Å²) >= 11 is 0. The maximum Gasteiger partial charge on any atom is 0.326 e. The van der Waals surface area contributed by atoms with E-state index in [-0.39, 0.29) is 30.2 Å². The molecule has 0 aliphatic heterocycles. The van der Waals surface area contributed by atoms with Gasteiger partial charge in [-0.2, -0.15) is 9.97 Å². The highest BCUT2D eigenvalue weighted by atomic mass is 16.4.